The van der Waals surface area contributed by atoms with Crippen molar-refractivity contribution in [3.05, 3.63) is 35.6 Å². The maximum atomic E-state index is 12.9. The lowest BCUT2D eigenvalue weighted by molar-refractivity contribution is -0.123. The molecule has 2 rings (SSSR count). The molecular formula is C15H20FN3O2. The molecule has 3 N–H and O–H groups in total. The van der Waals surface area contributed by atoms with Gasteiger partial charge in [0.1, 0.15) is 5.82 Å². The second-order valence-corrected chi connectivity index (χ2v) is 5.39. The number of hydrogen-bond donors (Lipinski definition) is 2. The molecule has 1 aromatic carbocycles. The molecule has 21 heavy (non-hydrogen) atoms. The van der Waals surface area contributed by atoms with Crippen LogP contribution < -0.4 is 11.1 Å². The first-order valence-electron chi connectivity index (χ1n) is 7.07. The first kappa shape index (κ1) is 15.3. The Balaban J connectivity index is 1.87. The molecule has 1 saturated heterocycles. The lowest BCUT2D eigenvalue weighted by Gasteiger charge is -2.31. The summed E-state index contributed by atoms with van der Waals surface area (Å²) in [5.74, 6) is -0.732. The quantitative estimate of drug-likeness (QED) is 0.891. The van der Waals surface area contributed by atoms with E-state index in [1.54, 1.807) is 17.0 Å². The lowest BCUT2D eigenvalue weighted by Crippen LogP contribution is -2.46. The average molecular weight is 293 g/mol. The highest BCUT2D eigenvalue weighted by atomic mass is 19.1. The zero-order valence-corrected chi connectivity index (χ0v) is 12.0. The van der Waals surface area contributed by atoms with Gasteiger partial charge in [0.05, 0.1) is 6.04 Å². The molecule has 1 aliphatic rings. The first-order chi connectivity index (χ1) is 9.97. The fraction of sp³-hybridized carbons (Fsp3) is 0.467. The van der Waals surface area contributed by atoms with E-state index < -0.39 is 0 Å². The van der Waals surface area contributed by atoms with Gasteiger partial charge in [0.15, 0.2) is 0 Å². The molecule has 0 aliphatic carbocycles. The number of piperidine rings is 1. The van der Waals surface area contributed by atoms with Gasteiger partial charge < -0.3 is 16.0 Å². The Labute approximate surface area is 123 Å². The molecule has 6 heteroatoms. The minimum absolute atomic E-state index is 0.136. The molecule has 0 aromatic heterocycles. The van der Waals surface area contributed by atoms with Gasteiger partial charge in [-0.1, -0.05) is 12.1 Å². The maximum Gasteiger partial charge on any atom is 0.317 e. The third-order valence-electron chi connectivity index (χ3n) is 3.89. The summed E-state index contributed by atoms with van der Waals surface area (Å²) >= 11 is 0. The van der Waals surface area contributed by atoms with Gasteiger partial charge in [-0.2, -0.15) is 0 Å². The Morgan fingerprint density at radius 2 is 1.86 bits per heavy atom. The third-order valence-corrected chi connectivity index (χ3v) is 3.89. The van der Waals surface area contributed by atoms with E-state index in [2.05, 4.69) is 5.32 Å². The van der Waals surface area contributed by atoms with Crippen molar-refractivity contribution in [3.63, 3.8) is 0 Å². The number of likely N-dealkylation sites (tertiary alicyclic amines) is 1. The highest BCUT2D eigenvalue weighted by Gasteiger charge is 2.26. The maximum absolute atomic E-state index is 12.9. The average Bonchev–Trinajstić information content (AvgIpc) is 2.47. The number of halogens is 1. The number of rotatable bonds is 3. The summed E-state index contributed by atoms with van der Waals surface area (Å²) in [5.41, 5.74) is 6.11. The number of carbonyl (C=O) groups is 2. The van der Waals surface area contributed by atoms with Crippen LogP contribution in [0, 0.1) is 11.7 Å². The van der Waals surface area contributed by atoms with Gasteiger partial charge in [0, 0.05) is 19.0 Å². The van der Waals surface area contributed by atoms with Crippen molar-refractivity contribution < 1.29 is 14.0 Å². The number of benzene rings is 1. The van der Waals surface area contributed by atoms with Crippen molar-refractivity contribution in [1.29, 1.82) is 0 Å². The summed E-state index contributed by atoms with van der Waals surface area (Å²) in [7, 11) is 0. The van der Waals surface area contributed by atoms with E-state index in [-0.39, 0.29) is 29.7 Å². The molecule has 0 spiro atoms. The Morgan fingerprint density at radius 1 is 1.29 bits per heavy atom. The van der Waals surface area contributed by atoms with E-state index in [0.29, 0.717) is 25.9 Å². The Hall–Kier alpha value is -2.11. The molecular weight excluding hydrogens is 273 g/mol. The number of nitrogens with one attached hydrogen (secondary N) is 1. The third kappa shape index (κ3) is 3.93. The number of nitrogens with zero attached hydrogens (tertiary/aromatic N) is 1. The molecule has 1 atom stereocenters. The zero-order chi connectivity index (χ0) is 15.4. The monoisotopic (exact) mass is 293 g/mol. The molecule has 3 amide bonds. The molecule has 1 unspecified atom stereocenters. The normalized spacial score (nSPS) is 17.3. The Morgan fingerprint density at radius 3 is 2.38 bits per heavy atom. The molecule has 0 bridgehead atoms. The van der Waals surface area contributed by atoms with Crippen molar-refractivity contribution in [1.82, 2.24) is 10.2 Å². The van der Waals surface area contributed by atoms with Crippen molar-refractivity contribution in [3.8, 4) is 0 Å². The molecule has 114 valence electrons. The van der Waals surface area contributed by atoms with Gasteiger partial charge in [-0.05, 0) is 37.5 Å². The number of urea groups is 1. The van der Waals surface area contributed by atoms with E-state index in [0.717, 1.165) is 5.56 Å². The van der Waals surface area contributed by atoms with E-state index in [1.807, 2.05) is 6.92 Å². The van der Waals surface area contributed by atoms with Crippen molar-refractivity contribution in [2.45, 2.75) is 25.8 Å². The van der Waals surface area contributed by atoms with E-state index in [1.165, 1.54) is 12.1 Å². The van der Waals surface area contributed by atoms with Crippen molar-refractivity contribution in [2.24, 2.45) is 11.7 Å². The fourth-order valence-electron chi connectivity index (χ4n) is 2.48. The van der Waals surface area contributed by atoms with Crippen LogP contribution in [0.5, 0.6) is 0 Å². The fourth-order valence-corrected chi connectivity index (χ4v) is 2.48. The first-order valence-corrected chi connectivity index (χ1v) is 7.07. The highest BCUT2D eigenvalue weighted by molar-refractivity contribution is 5.78. The lowest BCUT2D eigenvalue weighted by atomic mass is 9.96. The smallest absolute Gasteiger partial charge is 0.317 e. The van der Waals surface area contributed by atoms with Crippen LogP contribution in [0.15, 0.2) is 24.3 Å². The zero-order valence-electron chi connectivity index (χ0n) is 12.0. The molecule has 1 aliphatic heterocycles. The predicted molar refractivity (Wildman–Crippen MR) is 76.8 cm³/mol. The van der Waals surface area contributed by atoms with Gasteiger partial charge in [-0.15, -0.1) is 0 Å². The molecule has 5 nitrogen and oxygen atoms in total. The van der Waals surface area contributed by atoms with Gasteiger partial charge in [0.2, 0.25) is 5.91 Å². The Kier molecular flexibility index (Phi) is 4.77. The Bertz CT molecular complexity index is 510. The van der Waals surface area contributed by atoms with Crippen LogP contribution in [-0.4, -0.2) is 29.9 Å². The number of primary amides is 1. The van der Waals surface area contributed by atoms with Gasteiger partial charge in [0.25, 0.3) is 0 Å². The number of carbonyl (C=O) groups excluding carboxylic acids is 2. The molecule has 0 radical (unpaired) electrons. The second kappa shape index (κ2) is 6.56. The van der Waals surface area contributed by atoms with Crippen LogP contribution in [0.2, 0.25) is 0 Å². The highest BCUT2D eigenvalue weighted by Crippen LogP contribution is 2.18. The summed E-state index contributed by atoms with van der Waals surface area (Å²) in [6.07, 6.45) is 1.21. The van der Waals surface area contributed by atoms with Crippen LogP contribution in [-0.2, 0) is 4.79 Å². The molecule has 0 saturated carbocycles. The van der Waals surface area contributed by atoms with Crippen LogP contribution in [0.4, 0.5) is 9.18 Å². The van der Waals surface area contributed by atoms with Gasteiger partial charge in [-0.25, -0.2) is 9.18 Å². The topological polar surface area (TPSA) is 75.4 Å². The van der Waals surface area contributed by atoms with E-state index in [9.17, 15) is 14.0 Å². The standard InChI is InChI=1S/C15H20FN3O2/c1-10(11-2-4-13(16)5-3-11)18-15(21)19-8-6-12(7-9-19)14(17)20/h2-5,10,12H,6-9H2,1H3,(H2,17,20)(H,18,21). The largest absolute Gasteiger partial charge is 0.369 e. The van der Waals surface area contributed by atoms with E-state index >= 15 is 0 Å². The summed E-state index contributed by atoms with van der Waals surface area (Å²) < 4.78 is 12.9. The summed E-state index contributed by atoms with van der Waals surface area (Å²) in [6, 6.07) is 5.67. The van der Waals surface area contributed by atoms with E-state index in [4.69, 9.17) is 5.73 Å². The van der Waals surface area contributed by atoms with Crippen LogP contribution in [0.1, 0.15) is 31.4 Å². The van der Waals surface area contributed by atoms with Gasteiger partial charge >= 0.3 is 6.03 Å². The molecule has 1 heterocycles. The van der Waals surface area contributed by atoms with Gasteiger partial charge in [-0.3, -0.25) is 4.79 Å². The van der Waals surface area contributed by atoms with Crippen LogP contribution in [0.3, 0.4) is 0 Å². The van der Waals surface area contributed by atoms with Crippen molar-refractivity contribution in [2.75, 3.05) is 13.1 Å². The molecule has 1 aromatic rings. The number of nitrogens with two attached hydrogens (primary N) is 1. The summed E-state index contributed by atoms with van der Waals surface area (Å²) in [5, 5.41) is 2.88. The minimum Gasteiger partial charge on any atom is -0.369 e. The SMILES string of the molecule is CC(NC(=O)N1CCC(C(N)=O)CC1)c1ccc(F)cc1. The van der Waals surface area contributed by atoms with Crippen LogP contribution >= 0.6 is 0 Å². The second-order valence-electron chi connectivity index (χ2n) is 5.39. The molecule has 1 fully saturated rings. The van der Waals surface area contributed by atoms with Crippen LogP contribution in [0.25, 0.3) is 0 Å². The van der Waals surface area contributed by atoms with Crippen molar-refractivity contribution >= 4 is 11.9 Å². The summed E-state index contributed by atoms with van der Waals surface area (Å²) in [6.45, 7) is 2.90. The number of hydrogen-bond acceptors (Lipinski definition) is 2. The summed E-state index contributed by atoms with van der Waals surface area (Å²) in [4.78, 5) is 24.9. The minimum atomic E-state index is -0.300. The predicted octanol–water partition coefficient (Wildman–Crippen LogP) is 1.79. The number of amides is 3.